The third-order valence-electron chi connectivity index (χ3n) is 1.29. The maximum Gasteiger partial charge on any atom is 0.305 e. The molecule has 0 fully saturated rings. The van der Waals surface area contributed by atoms with Gasteiger partial charge in [-0.3, -0.25) is 4.79 Å². The second kappa shape index (κ2) is 6.00. The summed E-state index contributed by atoms with van der Waals surface area (Å²) in [4.78, 5) is 10.8. The highest BCUT2D eigenvalue weighted by molar-refractivity contribution is 5.69. The molecule has 0 aromatic heterocycles. The van der Waals surface area contributed by atoms with Gasteiger partial charge in [-0.25, -0.2) is 0 Å². The number of carbonyl (C=O) groups is 1. The Kier molecular flexibility index (Phi) is 5.72. The predicted octanol–water partition coefficient (Wildman–Crippen LogP) is 1.75. The van der Waals surface area contributed by atoms with Crippen LogP contribution >= 0.6 is 0 Å². The van der Waals surface area contributed by atoms with Crippen LogP contribution in [0, 0.1) is 0 Å². The van der Waals surface area contributed by atoms with E-state index in [1.54, 1.807) is 6.92 Å². The Morgan fingerprint density at radius 2 is 1.92 bits per heavy atom. The summed E-state index contributed by atoms with van der Waals surface area (Å²) in [5, 5.41) is 0. The maximum atomic E-state index is 10.8. The molecule has 1 unspecified atom stereocenters. The first-order valence-corrected chi connectivity index (χ1v) is 4.37. The zero-order valence-electron chi connectivity index (χ0n) is 8.29. The number of hydrogen-bond acceptors (Lipinski definition) is 3. The van der Waals surface area contributed by atoms with E-state index in [-0.39, 0.29) is 18.2 Å². The zero-order chi connectivity index (χ0) is 9.56. The first-order chi connectivity index (χ1) is 5.56. The molecule has 1 atom stereocenters. The molecule has 72 valence electrons. The minimum absolute atomic E-state index is 0.139. The van der Waals surface area contributed by atoms with Gasteiger partial charge in [0, 0.05) is 6.42 Å². The molecule has 0 aliphatic heterocycles. The van der Waals surface area contributed by atoms with Crippen molar-refractivity contribution in [2.75, 3.05) is 6.61 Å². The molecule has 0 amide bonds. The molecular weight excluding hydrogens is 156 g/mol. The van der Waals surface area contributed by atoms with E-state index >= 15 is 0 Å². The Morgan fingerprint density at radius 1 is 1.33 bits per heavy atom. The monoisotopic (exact) mass is 174 g/mol. The van der Waals surface area contributed by atoms with Gasteiger partial charge in [0.2, 0.25) is 0 Å². The summed E-state index contributed by atoms with van der Waals surface area (Å²) in [6.45, 7) is 7.99. The van der Waals surface area contributed by atoms with Gasteiger partial charge >= 0.3 is 5.97 Å². The van der Waals surface area contributed by atoms with Crippen molar-refractivity contribution in [3.63, 3.8) is 0 Å². The summed E-state index contributed by atoms with van der Waals surface area (Å²) in [7, 11) is 0. The third kappa shape index (κ3) is 6.16. The van der Waals surface area contributed by atoms with Crippen LogP contribution in [0.2, 0.25) is 0 Å². The fraction of sp³-hybridized carbons (Fsp3) is 0.889. The van der Waals surface area contributed by atoms with Crippen LogP contribution < -0.4 is 0 Å². The third-order valence-corrected chi connectivity index (χ3v) is 1.29. The van der Waals surface area contributed by atoms with Crippen LogP contribution in [0.15, 0.2) is 0 Å². The van der Waals surface area contributed by atoms with E-state index in [1.165, 1.54) is 0 Å². The summed E-state index contributed by atoms with van der Waals surface area (Å²) in [6, 6.07) is 0. The van der Waals surface area contributed by atoms with E-state index in [9.17, 15) is 4.79 Å². The zero-order valence-corrected chi connectivity index (χ0v) is 8.29. The number of ether oxygens (including phenoxy) is 2. The minimum Gasteiger partial charge on any atom is -0.460 e. The van der Waals surface area contributed by atoms with Gasteiger partial charge < -0.3 is 9.47 Å². The highest BCUT2D eigenvalue weighted by atomic mass is 16.6. The van der Waals surface area contributed by atoms with E-state index in [1.807, 2.05) is 20.8 Å². The molecule has 0 bridgehead atoms. The van der Waals surface area contributed by atoms with Crippen LogP contribution in [0.4, 0.5) is 0 Å². The van der Waals surface area contributed by atoms with Crippen LogP contribution in [0.5, 0.6) is 0 Å². The summed E-state index contributed by atoms with van der Waals surface area (Å²) in [5.74, 6) is -0.171. The van der Waals surface area contributed by atoms with Crippen molar-refractivity contribution >= 4 is 5.97 Å². The van der Waals surface area contributed by atoms with Crippen LogP contribution in [0.1, 0.15) is 34.1 Å². The topological polar surface area (TPSA) is 35.5 Å². The van der Waals surface area contributed by atoms with Crippen molar-refractivity contribution in [1.82, 2.24) is 0 Å². The lowest BCUT2D eigenvalue weighted by atomic mass is 10.4. The minimum atomic E-state index is -0.171. The number of esters is 1. The van der Waals surface area contributed by atoms with E-state index < -0.39 is 0 Å². The van der Waals surface area contributed by atoms with Gasteiger partial charge in [-0.1, -0.05) is 6.92 Å². The maximum absolute atomic E-state index is 10.8. The molecule has 3 heteroatoms. The van der Waals surface area contributed by atoms with Crippen LogP contribution in [0.25, 0.3) is 0 Å². The lowest BCUT2D eigenvalue weighted by molar-refractivity contribution is -0.151. The number of carbonyl (C=O) groups excluding carboxylic acids is 1. The molecule has 0 heterocycles. The molecule has 3 nitrogen and oxygen atoms in total. The lowest BCUT2D eigenvalue weighted by Crippen LogP contribution is -2.21. The van der Waals surface area contributed by atoms with E-state index in [2.05, 4.69) is 0 Å². The Morgan fingerprint density at radius 3 is 2.33 bits per heavy atom. The second-order valence-electron chi connectivity index (χ2n) is 3.04. The summed E-state index contributed by atoms with van der Waals surface area (Å²) in [5.41, 5.74) is 0. The van der Waals surface area contributed by atoms with E-state index in [0.717, 1.165) is 0 Å². The van der Waals surface area contributed by atoms with Crippen molar-refractivity contribution in [2.24, 2.45) is 0 Å². The Bertz CT molecular complexity index is 132. The van der Waals surface area contributed by atoms with Gasteiger partial charge in [-0.05, 0) is 20.8 Å². The van der Waals surface area contributed by atoms with Gasteiger partial charge in [-0.2, -0.15) is 0 Å². The average Bonchev–Trinajstić information content (AvgIpc) is 2.00. The molecule has 0 radical (unpaired) electrons. The van der Waals surface area contributed by atoms with E-state index in [4.69, 9.17) is 9.47 Å². The van der Waals surface area contributed by atoms with E-state index in [0.29, 0.717) is 13.0 Å². The Balaban J connectivity index is 3.45. The van der Waals surface area contributed by atoms with Crippen molar-refractivity contribution < 1.29 is 14.3 Å². The molecular formula is C9H18O3. The van der Waals surface area contributed by atoms with Gasteiger partial charge in [0.25, 0.3) is 0 Å². The Labute approximate surface area is 74.0 Å². The molecule has 0 N–H and O–H groups in total. The molecule has 12 heavy (non-hydrogen) atoms. The standard InChI is InChI=1S/C9H18O3/c1-5-9(10)12-8(4)6-11-7(2)3/h7-8H,5-6H2,1-4H3. The quantitative estimate of drug-likeness (QED) is 0.596. The molecule has 0 saturated carbocycles. The van der Waals surface area contributed by atoms with Crippen LogP contribution in [0.3, 0.4) is 0 Å². The summed E-state index contributed by atoms with van der Waals surface area (Å²) < 4.78 is 10.3. The molecule has 0 spiro atoms. The fourth-order valence-corrected chi connectivity index (χ4v) is 0.670. The normalized spacial score (nSPS) is 13.1. The fourth-order valence-electron chi connectivity index (χ4n) is 0.670. The van der Waals surface area contributed by atoms with Crippen molar-refractivity contribution in [3.8, 4) is 0 Å². The highest BCUT2D eigenvalue weighted by Crippen LogP contribution is 1.97. The largest absolute Gasteiger partial charge is 0.460 e. The first-order valence-electron chi connectivity index (χ1n) is 4.37. The summed E-state index contributed by atoms with van der Waals surface area (Å²) in [6.07, 6.45) is 0.471. The second-order valence-corrected chi connectivity index (χ2v) is 3.04. The molecule has 0 aromatic rings. The van der Waals surface area contributed by atoms with Gasteiger partial charge in [0.05, 0.1) is 12.7 Å². The van der Waals surface area contributed by atoms with Crippen molar-refractivity contribution in [2.45, 2.75) is 46.3 Å². The molecule has 0 aliphatic rings. The molecule has 0 aliphatic carbocycles. The van der Waals surface area contributed by atoms with Gasteiger partial charge in [-0.15, -0.1) is 0 Å². The smallest absolute Gasteiger partial charge is 0.305 e. The Hall–Kier alpha value is -0.570. The van der Waals surface area contributed by atoms with Gasteiger partial charge in [0.1, 0.15) is 6.10 Å². The van der Waals surface area contributed by atoms with Crippen molar-refractivity contribution in [1.29, 1.82) is 0 Å². The highest BCUT2D eigenvalue weighted by Gasteiger charge is 2.07. The van der Waals surface area contributed by atoms with Gasteiger partial charge in [0.15, 0.2) is 0 Å². The molecule has 0 saturated heterocycles. The number of hydrogen-bond donors (Lipinski definition) is 0. The number of rotatable bonds is 5. The predicted molar refractivity (Wildman–Crippen MR) is 46.9 cm³/mol. The first kappa shape index (κ1) is 11.4. The SMILES string of the molecule is CCC(=O)OC(C)COC(C)C. The average molecular weight is 174 g/mol. The van der Waals surface area contributed by atoms with Crippen LogP contribution in [-0.2, 0) is 14.3 Å². The summed E-state index contributed by atoms with van der Waals surface area (Å²) >= 11 is 0. The molecule has 0 aromatic carbocycles. The van der Waals surface area contributed by atoms with Crippen molar-refractivity contribution in [3.05, 3.63) is 0 Å². The molecule has 0 rings (SSSR count). The van der Waals surface area contributed by atoms with Crippen LogP contribution in [-0.4, -0.2) is 24.8 Å². The lowest BCUT2D eigenvalue weighted by Gasteiger charge is -2.14.